The Kier molecular flexibility index (Phi) is 5.70. The molecule has 2 rings (SSSR count). The molecule has 0 spiro atoms. The average molecular weight is 296 g/mol. The standard InChI is InChI=1S/C16H26ClN3/c1-13(18-2)15-7-6-14(12-16(15)17)19(3)10-11-20-8-4-5-9-20/h6-7,12-13,18H,4-5,8-11H2,1-3H3. The SMILES string of the molecule is CNC(C)c1ccc(N(C)CCN2CCCC2)cc1Cl. The molecule has 20 heavy (non-hydrogen) atoms. The first-order valence-corrected chi connectivity index (χ1v) is 7.90. The Morgan fingerprint density at radius 2 is 2.05 bits per heavy atom. The number of likely N-dealkylation sites (N-methyl/N-ethyl adjacent to an activating group) is 1. The van der Waals surface area contributed by atoms with Crippen molar-refractivity contribution in [3.63, 3.8) is 0 Å². The predicted octanol–water partition coefficient (Wildman–Crippen LogP) is 3.15. The van der Waals surface area contributed by atoms with Crippen LogP contribution in [0.1, 0.15) is 31.4 Å². The number of nitrogens with zero attached hydrogens (tertiary/aromatic N) is 2. The molecule has 1 fully saturated rings. The molecule has 4 heteroatoms. The third-order valence-corrected chi connectivity index (χ3v) is 4.60. The second kappa shape index (κ2) is 7.30. The Hall–Kier alpha value is -0.770. The van der Waals surface area contributed by atoms with Gasteiger partial charge in [0.15, 0.2) is 0 Å². The van der Waals surface area contributed by atoms with Crippen molar-refractivity contribution < 1.29 is 0 Å². The summed E-state index contributed by atoms with van der Waals surface area (Å²) in [6, 6.07) is 6.66. The Morgan fingerprint density at radius 3 is 2.65 bits per heavy atom. The highest BCUT2D eigenvalue weighted by atomic mass is 35.5. The molecule has 0 saturated carbocycles. The van der Waals surface area contributed by atoms with Crippen LogP contribution in [0.25, 0.3) is 0 Å². The number of anilines is 1. The fraction of sp³-hybridized carbons (Fsp3) is 0.625. The van der Waals surface area contributed by atoms with E-state index in [1.54, 1.807) is 0 Å². The molecule has 0 amide bonds. The minimum atomic E-state index is 0.284. The van der Waals surface area contributed by atoms with Gasteiger partial charge in [-0.15, -0.1) is 0 Å². The van der Waals surface area contributed by atoms with E-state index in [0.29, 0.717) is 0 Å². The molecule has 0 aromatic heterocycles. The number of likely N-dealkylation sites (tertiary alicyclic amines) is 1. The zero-order valence-corrected chi connectivity index (χ0v) is 13.6. The summed E-state index contributed by atoms with van der Waals surface area (Å²) in [6.07, 6.45) is 2.71. The van der Waals surface area contributed by atoms with Crippen LogP contribution in [0, 0.1) is 0 Å². The Balaban J connectivity index is 1.95. The molecular formula is C16H26ClN3. The minimum absolute atomic E-state index is 0.284. The first kappa shape index (κ1) is 15.6. The number of hydrogen-bond donors (Lipinski definition) is 1. The van der Waals surface area contributed by atoms with Crippen LogP contribution < -0.4 is 10.2 Å². The van der Waals surface area contributed by atoms with Crippen molar-refractivity contribution in [1.82, 2.24) is 10.2 Å². The number of nitrogens with one attached hydrogen (secondary N) is 1. The topological polar surface area (TPSA) is 18.5 Å². The van der Waals surface area contributed by atoms with E-state index >= 15 is 0 Å². The van der Waals surface area contributed by atoms with Gasteiger partial charge in [0.1, 0.15) is 0 Å². The molecule has 1 aromatic rings. The molecule has 1 aromatic carbocycles. The lowest BCUT2D eigenvalue weighted by molar-refractivity contribution is 0.346. The number of hydrogen-bond acceptors (Lipinski definition) is 3. The highest BCUT2D eigenvalue weighted by molar-refractivity contribution is 6.31. The molecular weight excluding hydrogens is 270 g/mol. The van der Waals surface area contributed by atoms with Crippen molar-refractivity contribution in [1.29, 1.82) is 0 Å². The van der Waals surface area contributed by atoms with Crippen molar-refractivity contribution >= 4 is 17.3 Å². The van der Waals surface area contributed by atoms with Crippen molar-refractivity contribution in [3.8, 4) is 0 Å². The lowest BCUT2D eigenvalue weighted by Crippen LogP contribution is -2.31. The van der Waals surface area contributed by atoms with E-state index in [-0.39, 0.29) is 6.04 Å². The van der Waals surface area contributed by atoms with Crippen LogP contribution in [0.15, 0.2) is 18.2 Å². The van der Waals surface area contributed by atoms with Gasteiger partial charge in [-0.25, -0.2) is 0 Å². The quantitative estimate of drug-likeness (QED) is 0.870. The summed E-state index contributed by atoms with van der Waals surface area (Å²) in [5, 5.41) is 4.07. The van der Waals surface area contributed by atoms with Gasteiger partial charge < -0.3 is 15.1 Å². The summed E-state index contributed by atoms with van der Waals surface area (Å²) in [6.45, 7) is 6.83. The molecule has 0 aliphatic carbocycles. The summed E-state index contributed by atoms with van der Waals surface area (Å²) in [4.78, 5) is 4.83. The third kappa shape index (κ3) is 3.87. The molecule has 112 valence electrons. The van der Waals surface area contributed by atoms with Gasteiger partial charge in [-0.2, -0.15) is 0 Å². The largest absolute Gasteiger partial charge is 0.373 e. The van der Waals surface area contributed by atoms with Crippen LogP contribution in [0.2, 0.25) is 5.02 Å². The highest BCUT2D eigenvalue weighted by Gasteiger charge is 2.13. The van der Waals surface area contributed by atoms with Gasteiger partial charge in [-0.1, -0.05) is 17.7 Å². The van der Waals surface area contributed by atoms with E-state index < -0.39 is 0 Å². The normalized spacial score (nSPS) is 17.4. The molecule has 3 nitrogen and oxygen atoms in total. The molecule has 1 unspecified atom stereocenters. The van der Waals surface area contributed by atoms with Gasteiger partial charge in [-0.3, -0.25) is 0 Å². The van der Waals surface area contributed by atoms with E-state index in [9.17, 15) is 0 Å². The minimum Gasteiger partial charge on any atom is -0.373 e. The van der Waals surface area contributed by atoms with E-state index in [1.807, 2.05) is 7.05 Å². The fourth-order valence-corrected chi connectivity index (χ4v) is 3.03. The highest BCUT2D eigenvalue weighted by Crippen LogP contribution is 2.27. The maximum Gasteiger partial charge on any atom is 0.0474 e. The monoisotopic (exact) mass is 295 g/mol. The molecule has 1 aliphatic rings. The maximum absolute atomic E-state index is 6.40. The van der Waals surface area contributed by atoms with Crippen molar-refractivity contribution in [2.75, 3.05) is 45.2 Å². The van der Waals surface area contributed by atoms with Gasteiger partial charge >= 0.3 is 0 Å². The second-order valence-corrected chi connectivity index (χ2v) is 6.09. The lowest BCUT2D eigenvalue weighted by atomic mass is 10.1. The van der Waals surface area contributed by atoms with Crippen LogP contribution in [-0.2, 0) is 0 Å². The summed E-state index contributed by atoms with van der Waals surface area (Å²) < 4.78 is 0. The van der Waals surface area contributed by atoms with Gasteiger partial charge in [0.2, 0.25) is 0 Å². The first-order chi connectivity index (χ1) is 9.61. The molecule has 1 saturated heterocycles. The predicted molar refractivity (Wildman–Crippen MR) is 87.9 cm³/mol. The van der Waals surface area contributed by atoms with Gasteiger partial charge in [0, 0.05) is 36.9 Å². The van der Waals surface area contributed by atoms with Crippen LogP contribution >= 0.6 is 11.6 Å². The summed E-state index contributed by atoms with van der Waals surface area (Å²) in [5.41, 5.74) is 2.35. The number of halogens is 1. The van der Waals surface area contributed by atoms with Gasteiger partial charge in [0.25, 0.3) is 0 Å². The van der Waals surface area contributed by atoms with Crippen LogP contribution in [0.3, 0.4) is 0 Å². The number of benzene rings is 1. The Morgan fingerprint density at radius 1 is 1.35 bits per heavy atom. The average Bonchev–Trinajstić information content (AvgIpc) is 2.97. The summed E-state index contributed by atoms with van der Waals surface area (Å²) in [5.74, 6) is 0. The van der Waals surface area contributed by atoms with E-state index in [4.69, 9.17) is 11.6 Å². The zero-order chi connectivity index (χ0) is 14.5. The van der Waals surface area contributed by atoms with Gasteiger partial charge in [0.05, 0.1) is 0 Å². The van der Waals surface area contributed by atoms with Crippen molar-refractivity contribution in [2.45, 2.75) is 25.8 Å². The van der Waals surface area contributed by atoms with Crippen molar-refractivity contribution in [3.05, 3.63) is 28.8 Å². The molecule has 1 atom stereocenters. The molecule has 0 radical (unpaired) electrons. The molecule has 0 bridgehead atoms. The third-order valence-electron chi connectivity index (χ3n) is 4.27. The maximum atomic E-state index is 6.40. The Bertz CT molecular complexity index is 430. The van der Waals surface area contributed by atoms with E-state index in [2.05, 4.69) is 47.3 Å². The van der Waals surface area contributed by atoms with E-state index in [1.165, 1.54) is 31.6 Å². The zero-order valence-electron chi connectivity index (χ0n) is 12.8. The second-order valence-electron chi connectivity index (χ2n) is 5.69. The first-order valence-electron chi connectivity index (χ1n) is 7.52. The van der Waals surface area contributed by atoms with Crippen LogP contribution in [-0.4, -0.2) is 45.2 Å². The number of rotatable bonds is 6. The summed E-state index contributed by atoms with van der Waals surface area (Å²) >= 11 is 6.40. The van der Waals surface area contributed by atoms with E-state index in [0.717, 1.165) is 23.7 Å². The molecule has 1 N–H and O–H groups in total. The Labute approximate surface area is 127 Å². The molecule has 1 aliphatic heterocycles. The molecule has 1 heterocycles. The van der Waals surface area contributed by atoms with Crippen LogP contribution in [0.5, 0.6) is 0 Å². The van der Waals surface area contributed by atoms with Gasteiger partial charge in [-0.05, 0) is 57.6 Å². The van der Waals surface area contributed by atoms with Crippen LogP contribution in [0.4, 0.5) is 5.69 Å². The fourth-order valence-electron chi connectivity index (χ4n) is 2.69. The smallest absolute Gasteiger partial charge is 0.0474 e. The lowest BCUT2D eigenvalue weighted by Gasteiger charge is -2.24. The summed E-state index contributed by atoms with van der Waals surface area (Å²) in [7, 11) is 4.10. The van der Waals surface area contributed by atoms with Crippen molar-refractivity contribution in [2.24, 2.45) is 0 Å².